The zero-order chi connectivity index (χ0) is 23.7. The van der Waals surface area contributed by atoms with Crippen molar-refractivity contribution in [1.82, 2.24) is 14.9 Å². The summed E-state index contributed by atoms with van der Waals surface area (Å²) >= 11 is 12.8. The van der Waals surface area contributed by atoms with Gasteiger partial charge in [0.15, 0.2) is 0 Å². The molecule has 2 aromatic heterocycles. The molecule has 0 radical (unpaired) electrons. The van der Waals surface area contributed by atoms with E-state index >= 15 is 0 Å². The minimum Gasteiger partial charge on any atom is -0.480 e. The Kier molecular flexibility index (Phi) is 6.33. The number of H-pyrrole nitrogens is 1. The number of rotatable bonds is 8. The first kappa shape index (κ1) is 22.5. The summed E-state index contributed by atoms with van der Waals surface area (Å²) in [6, 6.07) is 20.8. The van der Waals surface area contributed by atoms with Gasteiger partial charge in [0.1, 0.15) is 6.04 Å². The number of hydrogen-bond donors (Lipinski definition) is 3. The van der Waals surface area contributed by atoms with Crippen molar-refractivity contribution in [3.05, 3.63) is 106 Å². The molecule has 0 unspecified atom stereocenters. The fraction of sp³-hybridized carbons (Fsp3) is 0.148. The summed E-state index contributed by atoms with van der Waals surface area (Å²) in [5.74, 6) is -0.878. The SMILES string of the molecule is O=C(O)[C@H](Cc1c[nH]c2ccccc12)NCc1cn(Cc2c(Cl)cccc2Cl)c2ccccc12. The minimum atomic E-state index is -0.878. The number of fused-ring (bicyclic) bond motifs is 2. The summed E-state index contributed by atoms with van der Waals surface area (Å²) in [6.45, 7) is 0.944. The smallest absolute Gasteiger partial charge is 0.321 e. The highest BCUT2D eigenvalue weighted by Crippen LogP contribution is 2.29. The van der Waals surface area contributed by atoms with Gasteiger partial charge < -0.3 is 14.7 Å². The summed E-state index contributed by atoms with van der Waals surface area (Å²) in [7, 11) is 0. The van der Waals surface area contributed by atoms with Crippen molar-refractivity contribution in [2.24, 2.45) is 0 Å². The summed E-state index contributed by atoms with van der Waals surface area (Å²) in [5, 5.41) is 16.5. The summed E-state index contributed by atoms with van der Waals surface area (Å²) < 4.78 is 2.11. The first-order valence-electron chi connectivity index (χ1n) is 11.0. The van der Waals surface area contributed by atoms with Crippen LogP contribution in [0.25, 0.3) is 21.8 Å². The second-order valence-electron chi connectivity index (χ2n) is 8.33. The lowest BCUT2D eigenvalue weighted by molar-refractivity contribution is -0.139. The van der Waals surface area contributed by atoms with E-state index in [0.717, 1.165) is 38.5 Å². The lowest BCUT2D eigenvalue weighted by atomic mass is 10.0. The maximum Gasteiger partial charge on any atom is 0.321 e. The van der Waals surface area contributed by atoms with Crippen LogP contribution in [0.15, 0.2) is 79.1 Å². The Bertz CT molecular complexity index is 1470. The predicted molar refractivity (Wildman–Crippen MR) is 138 cm³/mol. The van der Waals surface area contributed by atoms with Crippen LogP contribution in [0.5, 0.6) is 0 Å². The average Bonchev–Trinajstić information content (AvgIpc) is 3.40. The molecule has 5 aromatic rings. The molecule has 5 rings (SSSR count). The molecule has 3 N–H and O–H groups in total. The first-order valence-corrected chi connectivity index (χ1v) is 11.8. The zero-order valence-corrected chi connectivity index (χ0v) is 19.8. The normalized spacial score (nSPS) is 12.4. The van der Waals surface area contributed by atoms with Gasteiger partial charge in [-0.3, -0.25) is 10.1 Å². The topological polar surface area (TPSA) is 70.0 Å². The fourth-order valence-corrected chi connectivity index (χ4v) is 4.97. The molecule has 3 aromatic carbocycles. The number of carboxylic acid groups (broad SMARTS) is 1. The van der Waals surface area contributed by atoms with E-state index in [9.17, 15) is 9.90 Å². The van der Waals surface area contributed by atoms with E-state index in [1.54, 1.807) is 0 Å². The number of aromatic amines is 1. The molecule has 7 heteroatoms. The van der Waals surface area contributed by atoms with Crippen molar-refractivity contribution in [2.75, 3.05) is 0 Å². The Balaban J connectivity index is 1.40. The second kappa shape index (κ2) is 9.55. The molecular formula is C27H23Cl2N3O2. The van der Waals surface area contributed by atoms with E-state index in [1.165, 1.54) is 0 Å². The van der Waals surface area contributed by atoms with E-state index < -0.39 is 12.0 Å². The highest BCUT2D eigenvalue weighted by molar-refractivity contribution is 6.36. The third-order valence-electron chi connectivity index (χ3n) is 6.20. The Labute approximate surface area is 206 Å². The van der Waals surface area contributed by atoms with Crippen molar-refractivity contribution < 1.29 is 9.90 Å². The molecule has 2 heterocycles. The summed E-state index contributed by atoms with van der Waals surface area (Å²) in [5.41, 5.74) is 4.89. The van der Waals surface area contributed by atoms with Gasteiger partial charge in [0.05, 0.1) is 6.54 Å². The van der Waals surface area contributed by atoms with Crippen LogP contribution in [0.1, 0.15) is 16.7 Å². The van der Waals surface area contributed by atoms with Crippen LogP contribution in [-0.4, -0.2) is 26.7 Å². The lowest BCUT2D eigenvalue weighted by Gasteiger charge is -2.14. The Morgan fingerprint density at radius 2 is 1.65 bits per heavy atom. The Morgan fingerprint density at radius 3 is 2.41 bits per heavy atom. The molecule has 0 bridgehead atoms. The van der Waals surface area contributed by atoms with Gasteiger partial charge in [0, 0.05) is 62.8 Å². The standard InChI is InChI=1S/C27H23Cl2N3O2/c28-22-8-5-9-23(29)21(22)16-32-15-18(20-7-2-4-11-26(20)32)14-31-25(27(33)34)12-17-13-30-24-10-3-1-6-19(17)24/h1-11,13,15,25,30-31H,12,14,16H2,(H,33,34)/t25-/m0/s1. The van der Waals surface area contributed by atoms with Gasteiger partial charge in [-0.15, -0.1) is 0 Å². The molecule has 172 valence electrons. The van der Waals surface area contributed by atoms with E-state index in [4.69, 9.17) is 23.2 Å². The number of benzene rings is 3. The first-order chi connectivity index (χ1) is 16.5. The van der Waals surface area contributed by atoms with Gasteiger partial charge in [-0.2, -0.15) is 0 Å². The molecule has 0 aliphatic carbocycles. The molecule has 0 saturated carbocycles. The number of halogens is 2. The molecule has 0 spiro atoms. The molecule has 0 fully saturated rings. The largest absolute Gasteiger partial charge is 0.480 e. The number of aliphatic carboxylic acids is 1. The van der Waals surface area contributed by atoms with Crippen LogP contribution in [0, 0.1) is 0 Å². The highest BCUT2D eigenvalue weighted by Gasteiger charge is 2.20. The number of para-hydroxylation sites is 2. The number of nitrogens with zero attached hydrogens (tertiary/aromatic N) is 1. The Hall–Kier alpha value is -3.25. The van der Waals surface area contributed by atoms with E-state index in [1.807, 2.05) is 79.1 Å². The summed E-state index contributed by atoms with van der Waals surface area (Å²) in [6.07, 6.45) is 4.32. The van der Waals surface area contributed by atoms with Crippen molar-refractivity contribution in [3.63, 3.8) is 0 Å². The Morgan fingerprint density at radius 1 is 0.941 bits per heavy atom. The van der Waals surface area contributed by atoms with Crippen LogP contribution in [-0.2, 0) is 24.3 Å². The molecular weight excluding hydrogens is 469 g/mol. The fourth-order valence-electron chi connectivity index (χ4n) is 4.45. The van der Waals surface area contributed by atoms with Crippen molar-refractivity contribution in [3.8, 4) is 0 Å². The predicted octanol–water partition coefficient (Wildman–Crippen LogP) is 6.26. The maximum absolute atomic E-state index is 12.1. The molecule has 0 amide bonds. The van der Waals surface area contributed by atoms with Gasteiger partial charge in [-0.25, -0.2) is 0 Å². The van der Waals surface area contributed by atoms with Crippen molar-refractivity contribution in [2.45, 2.75) is 25.6 Å². The molecule has 0 aliphatic heterocycles. The quantitative estimate of drug-likeness (QED) is 0.239. The van der Waals surface area contributed by atoms with Gasteiger partial charge in [-0.1, -0.05) is 65.7 Å². The van der Waals surface area contributed by atoms with Crippen molar-refractivity contribution >= 4 is 51.0 Å². The molecule has 1 atom stereocenters. The third kappa shape index (κ3) is 4.42. The van der Waals surface area contributed by atoms with Crippen LogP contribution < -0.4 is 5.32 Å². The molecule has 5 nitrogen and oxygen atoms in total. The van der Waals surface area contributed by atoms with E-state index in [2.05, 4.69) is 14.9 Å². The number of carboxylic acids is 1. The minimum absolute atomic E-state index is 0.382. The van der Waals surface area contributed by atoms with Crippen LogP contribution >= 0.6 is 23.2 Å². The second-order valence-corrected chi connectivity index (χ2v) is 9.15. The van der Waals surface area contributed by atoms with Gasteiger partial charge in [0.2, 0.25) is 0 Å². The highest BCUT2D eigenvalue weighted by atomic mass is 35.5. The van der Waals surface area contributed by atoms with Crippen LogP contribution in [0.2, 0.25) is 10.0 Å². The van der Waals surface area contributed by atoms with Gasteiger partial charge in [-0.05, 0) is 35.4 Å². The third-order valence-corrected chi connectivity index (χ3v) is 6.91. The zero-order valence-electron chi connectivity index (χ0n) is 18.3. The monoisotopic (exact) mass is 491 g/mol. The van der Waals surface area contributed by atoms with Crippen molar-refractivity contribution in [1.29, 1.82) is 0 Å². The van der Waals surface area contributed by atoms with E-state index in [0.29, 0.717) is 29.6 Å². The van der Waals surface area contributed by atoms with Crippen LogP contribution in [0.4, 0.5) is 0 Å². The number of nitrogens with one attached hydrogen (secondary N) is 2. The van der Waals surface area contributed by atoms with E-state index in [-0.39, 0.29) is 0 Å². The number of aromatic nitrogens is 2. The molecule has 0 saturated heterocycles. The van der Waals surface area contributed by atoms with Gasteiger partial charge in [0.25, 0.3) is 0 Å². The number of hydrogen-bond acceptors (Lipinski definition) is 2. The lowest BCUT2D eigenvalue weighted by Crippen LogP contribution is -2.38. The van der Waals surface area contributed by atoms with Crippen LogP contribution in [0.3, 0.4) is 0 Å². The summed E-state index contributed by atoms with van der Waals surface area (Å²) in [4.78, 5) is 15.3. The molecule has 34 heavy (non-hydrogen) atoms. The maximum atomic E-state index is 12.1. The van der Waals surface area contributed by atoms with Gasteiger partial charge >= 0.3 is 5.97 Å². The average molecular weight is 492 g/mol. The number of carbonyl (C=O) groups is 1. The molecule has 0 aliphatic rings.